The van der Waals surface area contributed by atoms with E-state index in [0.717, 1.165) is 11.1 Å². The maximum atomic E-state index is 8.71. The average Bonchev–Trinajstić information content (AvgIpc) is 2.08. The first kappa shape index (κ1) is 9.09. The monoisotopic (exact) mass is 179 g/mol. The molecule has 1 nitrogen and oxygen atoms in total. The van der Waals surface area contributed by atoms with Crippen LogP contribution in [0, 0.1) is 18.3 Å². The van der Waals surface area contributed by atoms with Crippen LogP contribution in [0.15, 0.2) is 18.2 Å². The first-order chi connectivity index (χ1) is 5.65. The molecule has 0 aliphatic rings. The third-order valence-electron chi connectivity index (χ3n) is 1.90. The molecular formula is C10H10ClN. The highest BCUT2D eigenvalue weighted by molar-refractivity contribution is 6.30. The molecule has 2 heteroatoms. The fraction of sp³-hybridized carbons (Fsp3) is 0.300. The summed E-state index contributed by atoms with van der Waals surface area (Å²) in [7, 11) is 0. The van der Waals surface area contributed by atoms with Crippen LogP contribution in [0.2, 0.25) is 5.02 Å². The van der Waals surface area contributed by atoms with E-state index in [1.807, 2.05) is 32.0 Å². The maximum absolute atomic E-state index is 8.71. The van der Waals surface area contributed by atoms with Gasteiger partial charge < -0.3 is 0 Å². The van der Waals surface area contributed by atoms with Crippen LogP contribution in [0.5, 0.6) is 0 Å². The fourth-order valence-electron chi connectivity index (χ4n) is 1.15. The summed E-state index contributed by atoms with van der Waals surface area (Å²) in [6.07, 6.45) is 0. The van der Waals surface area contributed by atoms with E-state index >= 15 is 0 Å². The van der Waals surface area contributed by atoms with Crippen molar-refractivity contribution < 1.29 is 0 Å². The maximum Gasteiger partial charge on any atom is 0.0701 e. The zero-order valence-corrected chi connectivity index (χ0v) is 7.89. The lowest BCUT2D eigenvalue weighted by molar-refractivity contribution is 0.966. The van der Waals surface area contributed by atoms with Gasteiger partial charge in [-0.05, 0) is 37.1 Å². The Kier molecular flexibility index (Phi) is 2.73. The van der Waals surface area contributed by atoms with E-state index in [9.17, 15) is 0 Å². The van der Waals surface area contributed by atoms with Gasteiger partial charge in [-0.1, -0.05) is 17.7 Å². The molecule has 0 fully saturated rings. The summed E-state index contributed by atoms with van der Waals surface area (Å²) in [5.74, 6) is -0.0799. The second-order valence-electron chi connectivity index (χ2n) is 2.85. The molecule has 1 aromatic carbocycles. The van der Waals surface area contributed by atoms with Gasteiger partial charge in [-0.3, -0.25) is 0 Å². The molecule has 0 saturated heterocycles. The van der Waals surface area contributed by atoms with E-state index in [1.54, 1.807) is 0 Å². The lowest BCUT2D eigenvalue weighted by atomic mass is 9.98. The fourth-order valence-corrected chi connectivity index (χ4v) is 1.33. The predicted octanol–water partition coefficient (Wildman–Crippen LogP) is 3.28. The molecule has 0 N–H and O–H groups in total. The van der Waals surface area contributed by atoms with Crippen LogP contribution in [0.3, 0.4) is 0 Å². The molecule has 0 aliphatic heterocycles. The van der Waals surface area contributed by atoms with E-state index in [-0.39, 0.29) is 5.92 Å². The van der Waals surface area contributed by atoms with Crippen LogP contribution in [-0.4, -0.2) is 0 Å². The number of aryl methyl sites for hydroxylation is 1. The van der Waals surface area contributed by atoms with Gasteiger partial charge in [0.25, 0.3) is 0 Å². The summed E-state index contributed by atoms with van der Waals surface area (Å²) >= 11 is 5.81. The van der Waals surface area contributed by atoms with Crippen molar-refractivity contribution in [2.75, 3.05) is 0 Å². The molecule has 1 atom stereocenters. The Morgan fingerprint density at radius 1 is 1.50 bits per heavy atom. The van der Waals surface area contributed by atoms with Gasteiger partial charge >= 0.3 is 0 Å². The van der Waals surface area contributed by atoms with Gasteiger partial charge in [0.05, 0.1) is 12.0 Å². The summed E-state index contributed by atoms with van der Waals surface area (Å²) in [6.45, 7) is 3.86. The topological polar surface area (TPSA) is 23.8 Å². The standard InChI is InChI=1S/C10H10ClN/c1-7-3-4-9(11)5-10(7)8(2)6-12/h3-5,8H,1-2H3. The van der Waals surface area contributed by atoms with E-state index in [1.165, 1.54) is 0 Å². The highest BCUT2D eigenvalue weighted by Crippen LogP contribution is 2.22. The van der Waals surface area contributed by atoms with Crippen molar-refractivity contribution in [2.45, 2.75) is 19.8 Å². The molecule has 0 aromatic heterocycles. The third-order valence-corrected chi connectivity index (χ3v) is 2.14. The van der Waals surface area contributed by atoms with Crippen molar-refractivity contribution in [3.8, 4) is 6.07 Å². The largest absolute Gasteiger partial charge is 0.198 e. The van der Waals surface area contributed by atoms with Crippen LogP contribution < -0.4 is 0 Å². The summed E-state index contributed by atoms with van der Waals surface area (Å²) in [4.78, 5) is 0. The summed E-state index contributed by atoms with van der Waals surface area (Å²) in [6, 6.07) is 7.82. The SMILES string of the molecule is Cc1ccc(Cl)cc1C(C)C#N. The number of hydrogen-bond acceptors (Lipinski definition) is 1. The summed E-state index contributed by atoms with van der Waals surface area (Å²) < 4.78 is 0. The molecular weight excluding hydrogens is 170 g/mol. The van der Waals surface area contributed by atoms with Crippen molar-refractivity contribution in [2.24, 2.45) is 0 Å². The number of rotatable bonds is 1. The Bertz CT molecular complexity index is 325. The Labute approximate surface area is 77.6 Å². The van der Waals surface area contributed by atoms with Gasteiger partial charge in [0, 0.05) is 5.02 Å². The number of halogens is 1. The van der Waals surface area contributed by atoms with E-state index in [4.69, 9.17) is 16.9 Å². The molecule has 0 amide bonds. The Morgan fingerprint density at radius 3 is 2.75 bits per heavy atom. The molecule has 1 rings (SSSR count). The van der Waals surface area contributed by atoms with Crippen molar-refractivity contribution >= 4 is 11.6 Å². The van der Waals surface area contributed by atoms with Gasteiger partial charge in [0.2, 0.25) is 0 Å². The molecule has 0 spiro atoms. The van der Waals surface area contributed by atoms with Gasteiger partial charge in [-0.15, -0.1) is 0 Å². The normalized spacial score (nSPS) is 12.2. The molecule has 0 aliphatic carbocycles. The smallest absolute Gasteiger partial charge is 0.0701 e. The van der Waals surface area contributed by atoms with E-state index in [2.05, 4.69) is 6.07 Å². The second kappa shape index (κ2) is 3.60. The minimum absolute atomic E-state index is 0.0799. The Balaban J connectivity index is 3.15. The average molecular weight is 180 g/mol. The lowest BCUT2D eigenvalue weighted by Crippen LogP contribution is -1.92. The summed E-state index contributed by atoms with van der Waals surface area (Å²) in [5, 5.41) is 9.40. The molecule has 0 heterocycles. The molecule has 0 radical (unpaired) electrons. The Hall–Kier alpha value is -1.00. The van der Waals surface area contributed by atoms with E-state index in [0.29, 0.717) is 5.02 Å². The van der Waals surface area contributed by atoms with Crippen molar-refractivity contribution in [3.05, 3.63) is 34.3 Å². The molecule has 12 heavy (non-hydrogen) atoms. The minimum atomic E-state index is -0.0799. The summed E-state index contributed by atoms with van der Waals surface area (Å²) in [5.41, 5.74) is 2.14. The highest BCUT2D eigenvalue weighted by atomic mass is 35.5. The minimum Gasteiger partial charge on any atom is -0.198 e. The van der Waals surface area contributed by atoms with Crippen molar-refractivity contribution in [3.63, 3.8) is 0 Å². The molecule has 1 unspecified atom stereocenters. The van der Waals surface area contributed by atoms with Gasteiger partial charge in [0.15, 0.2) is 0 Å². The van der Waals surface area contributed by atoms with Crippen LogP contribution in [0.4, 0.5) is 0 Å². The molecule has 0 saturated carbocycles. The van der Waals surface area contributed by atoms with Crippen LogP contribution >= 0.6 is 11.6 Å². The third kappa shape index (κ3) is 1.78. The van der Waals surface area contributed by atoms with Crippen LogP contribution in [0.1, 0.15) is 24.0 Å². The predicted molar refractivity (Wildman–Crippen MR) is 50.2 cm³/mol. The van der Waals surface area contributed by atoms with Gasteiger partial charge in [-0.25, -0.2) is 0 Å². The highest BCUT2D eigenvalue weighted by Gasteiger charge is 2.06. The molecule has 0 bridgehead atoms. The Morgan fingerprint density at radius 2 is 2.17 bits per heavy atom. The van der Waals surface area contributed by atoms with Gasteiger partial charge in [-0.2, -0.15) is 5.26 Å². The number of benzene rings is 1. The lowest BCUT2D eigenvalue weighted by Gasteiger charge is -2.06. The van der Waals surface area contributed by atoms with Crippen LogP contribution in [0.25, 0.3) is 0 Å². The van der Waals surface area contributed by atoms with Crippen molar-refractivity contribution in [1.29, 1.82) is 5.26 Å². The first-order valence-corrected chi connectivity index (χ1v) is 4.18. The quantitative estimate of drug-likeness (QED) is 0.649. The zero-order valence-electron chi connectivity index (χ0n) is 7.13. The zero-order chi connectivity index (χ0) is 9.14. The number of nitrogens with zero attached hydrogens (tertiary/aromatic N) is 1. The molecule has 1 aromatic rings. The van der Waals surface area contributed by atoms with Gasteiger partial charge in [0.1, 0.15) is 0 Å². The van der Waals surface area contributed by atoms with Crippen molar-refractivity contribution in [1.82, 2.24) is 0 Å². The number of nitriles is 1. The van der Waals surface area contributed by atoms with E-state index < -0.39 is 0 Å². The van der Waals surface area contributed by atoms with Crippen LogP contribution in [-0.2, 0) is 0 Å². The first-order valence-electron chi connectivity index (χ1n) is 3.81. The number of hydrogen-bond donors (Lipinski definition) is 0. The molecule has 62 valence electrons. The second-order valence-corrected chi connectivity index (χ2v) is 3.29.